The molecule has 0 radical (unpaired) electrons. The summed E-state index contributed by atoms with van der Waals surface area (Å²) in [6.45, 7) is 33.8. The SMILES string of the molecule is CC(C)(C)[Si](C)(C)Oc1ccc2c(c1)OCC(O[Si](C)(C)C(C)(C)C)Cc1c-2c(=O)oc2cc(O[Si](C)(C)C(C)(C)C)ccc12. The van der Waals surface area contributed by atoms with Gasteiger partial charge in [-0.2, -0.15) is 0 Å². The van der Waals surface area contributed by atoms with Crippen LogP contribution in [0, 0.1) is 0 Å². The predicted molar refractivity (Wildman–Crippen MR) is 195 cm³/mol. The molecule has 0 saturated heterocycles. The van der Waals surface area contributed by atoms with Crippen molar-refractivity contribution >= 4 is 35.9 Å². The molecule has 0 N–H and O–H groups in total. The van der Waals surface area contributed by atoms with Gasteiger partial charge >= 0.3 is 5.63 Å². The second-order valence-corrected chi connectivity index (χ2v) is 31.5. The van der Waals surface area contributed by atoms with Crippen molar-refractivity contribution in [2.75, 3.05) is 6.61 Å². The molecule has 6 nitrogen and oxygen atoms in total. The van der Waals surface area contributed by atoms with Crippen molar-refractivity contribution in [3.8, 4) is 28.4 Å². The molecular formula is C36H56O6Si3. The van der Waals surface area contributed by atoms with Gasteiger partial charge in [0.05, 0.1) is 11.7 Å². The summed E-state index contributed by atoms with van der Waals surface area (Å²) in [4.78, 5) is 13.9. The third-order valence-corrected chi connectivity index (χ3v) is 23.9. The molecule has 0 amide bonds. The lowest BCUT2D eigenvalue weighted by Gasteiger charge is -2.40. The van der Waals surface area contributed by atoms with Crippen molar-refractivity contribution in [3.63, 3.8) is 0 Å². The molecule has 4 rings (SSSR count). The van der Waals surface area contributed by atoms with E-state index in [1.54, 1.807) is 0 Å². The monoisotopic (exact) mass is 668 g/mol. The van der Waals surface area contributed by atoms with E-state index >= 15 is 0 Å². The Kier molecular flexibility index (Phi) is 9.25. The largest absolute Gasteiger partial charge is 0.543 e. The highest BCUT2D eigenvalue weighted by Gasteiger charge is 2.42. The number of rotatable bonds is 6. The van der Waals surface area contributed by atoms with Gasteiger partial charge < -0.3 is 22.4 Å². The van der Waals surface area contributed by atoms with Crippen LogP contribution >= 0.6 is 0 Å². The fraction of sp³-hybridized carbons (Fsp3) is 0.583. The first-order chi connectivity index (χ1) is 20.3. The van der Waals surface area contributed by atoms with E-state index in [9.17, 15) is 4.79 Å². The lowest BCUT2D eigenvalue weighted by atomic mass is 9.93. The fourth-order valence-electron chi connectivity index (χ4n) is 4.72. The molecule has 0 fully saturated rings. The zero-order chi connectivity index (χ0) is 34.0. The Bertz CT molecular complexity index is 1620. The average molecular weight is 669 g/mol. The van der Waals surface area contributed by atoms with Gasteiger partial charge in [0.2, 0.25) is 16.6 Å². The van der Waals surface area contributed by atoms with Crippen molar-refractivity contribution < 1.29 is 22.4 Å². The second-order valence-electron chi connectivity index (χ2n) is 17.3. The van der Waals surface area contributed by atoms with Crippen molar-refractivity contribution in [1.29, 1.82) is 0 Å². The maximum Gasteiger partial charge on any atom is 0.344 e. The standard InChI is InChI=1S/C36H56O6Si3/c1-34(2,3)43(10,11)40-24-17-19-28-30(21-24)38-23-26(42-45(14,15)36(7,8)9)20-29-27-18-16-25(41-44(12,13)35(4,5)6)22-31(27)39-33(37)32(28)29/h16-19,21-22,26H,20,23H2,1-15H3. The van der Waals surface area contributed by atoms with Crippen LogP contribution in [0.5, 0.6) is 17.2 Å². The molecule has 248 valence electrons. The number of benzene rings is 2. The molecule has 0 aliphatic carbocycles. The van der Waals surface area contributed by atoms with Gasteiger partial charge in [-0.05, 0) is 84.2 Å². The Morgan fingerprint density at radius 3 is 1.76 bits per heavy atom. The molecule has 2 aromatic carbocycles. The minimum Gasteiger partial charge on any atom is -0.543 e. The molecule has 0 saturated carbocycles. The maximum absolute atomic E-state index is 13.9. The minimum atomic E-state index is -2.16. The van der Waals surface area contributed by atoms with E-state index in [-0.39, 0.29) is 21.2 Å². The molecule has 3 aromatic rings. The first-order valence-electron chi connectivity index (χ1n) is 16.3. The van der Waals surface area contributed by atoms with E-state index < -0.39 is 30.6 Å². The zero-order valence-corrected chi connectivity index (χ0v) is 33.4. The first-order valence-corrected chi connectivity index (χ1v) is 25.0. The van der Waals surface area contributed by atoms with E-state index in [0.29, 0.717) is 29.9 Å². The van der Waals surface area contributed by atoms with Gasteiger partial charge in [-0.15, -0.1) is 0 Å². The molecule has 2 heterocycles. The number of fused-ring (bicyclic) bond motifs is 5. The van der Waals surface area contributed by atoms with E-state index in [1.165, 1.54) is 0 Å². The van der Waals surface area contributed by atoms with E-state index in [2.05, 4.69) is 102 Å². The highest BCUT2D eigenvalue weighted by molar-refractivity contribution is 6.75. The van der Waals surface area contributed by atoms with Gasteiger partial charge in [-0.3, -0.25) is 0 Å². The summed E-state index contributed by atoms with van der Waals surface area (Å²) in [5.74, 6) is 2.09. The Morgan fingerprint density at radius 2 is 1.22 bits per heavy atom. The summed E-state index contributed by atoms with van der Waals surface area (Å²) in [5.41, 5.74) is 2.31. The van der Waals surface area contributed by atoms with Gasteiger partial charge in [0.1, 0.15) is 29.4 Å². The molecular weight excluding hydrogens is 613 g/mol. The van der Waals surface area contributed by atoms with Crippen molar-refractivity contribution in [2.24, 2.45) is 0 Å². The Labute approximate surface area is 274 Å². The van der Waals surface area contributed by atoms with Crippen LogP contribution in [-0.2, 0) is 10.8 Å². The molecule has 9 heteroatoms. The normalized spacial score (nSPS) is 16.7. The topological polar surface area (TPSA) is 67.1 Å². The van der Waals surface area contributed by atoms with Gasteiger partial charge in [0, 0.05) is 29.5 Å². The van der Waals surface area contributed by atoms with Gasteiger partial charge in [-0.1, -0.05) is 62.3 Å². The highest BCUT2D eigenvalue weighted by Crippen LogP contribution is 2.44. The lowest BCUT2D eigenvalue weighted by molar-refractivity contribution is 0.114. The second kappa shape index (κ2) is 11.7. The third-order valence-electron chi connectivity index (χ3n) is 10.7. The quantitative estimate of drug-likeness (QED) is 0.192. The van der Waals surface area contributed by atoms with Crippen LogP contribution in [0.15, 0.2) is 45.6 Å². The zero-order valence-electron chi connectivity index (χ0n) is 30.4. The molecule has 1 aromatic heterocycles. The van der Waals surface area contributed by atoms with Gasteiger partial charge in [0.15, 0.2) is 8.32 Å². The summed E-state index contributed by atoms with van der Waals surface area (Å²) >= 11 is 0. The molecule has 1 atom stereocenters. The van der Waals surface area contributed by atoms with E-state index in [4.69, 9.17) is 22.4 Å². The summed E-state index contributed by atoms with van der Waals surface area (Å²) in [5, 5.41) is 0.999. The van der Waals surface area contributed by atoms with Crippen LogP contribution in [0.4, 0.5) is 0 Å². The van der Waals surface area contributed by atoms with Gasteiger partial charge in [-0.25, -0.2) is 4.79 Å². The number of hydrogen-bond donors (Lipinski definition) is 0. The lowest BCUT2D eigenvalue weighted by Crippen LogP contribution is -2.46. The predicted octanol–water partition coefficient (Wildman–Crippen LogP) is 10.6. The molecule has 0 spiro atoms. The highest BCUT2D eigenvalue weighted by atomic mass is 28.4. The van der Waals surface area contributed by atoms with Crippen LogP contribution in [0.2, 0.25) is 54.4 Å². The van der Waals surface area contributed by atoms with E-state index in [0.717, 1.165) is 28.0 Å². The Morgan fingerprint density at radius 1 is 0.711 bits per heavy atom. The fourth-order valence-corrected chi connectivity index (χ4v) is 8.10. The molecule has 45 heavy (non-hydrogen) atoms. The van der Waals surface area contributed by atoms with Crippen molar-refractivity contribution in [1.82, 2.24) is 0 Å². The average Bonchev–Trinajstić information content (AvgIpc) is 2.84. The van der Waals surface area contributed by atoms with Crippen LogP contribution < -0.4 is 19.2 Å². The Hall–Kier alpha value is -2.34. The third kappa shape index (κ3) is 7.31. The van der Waals surface area contributed by atoms with Crippen LogP contribution in [0.3, 0.4) is 0 Å². The summed E-state index contributed by atoms with van der Waals surface area (Å²) in [6.07, 6.45) is 0.296. The summed E-state index contributed by atoms with van der Waals surface area (Å²) in [7, 11) is -6.34. The summed E-state index contributed by atoms with van der Waals surface area (Å²) < 4.78 is 32.8. The van der Waals surface area contributed by atoms with Crippen molar-refractivity contribution in [3.05, 3.63) is 52.4 Å². The molecule has 1 aliphatic rings. The van der Waals surface area contributed by atoms with Crippen LogP contribution in [0.25, 0.3) is 22.1 Å². The Balaban J connectivity index is 1.89. The molecule has 1 unspecified atom stereocenters. The van der Waals surface area contributed by atoms with Crippen molar-refractivity contribution in [2.45, 2.75) is 129 Å². The number of hydrogen-bond acceptors (Lipinski definition) is 6. The smallest absolute Gasteiger partial charge is 0.344 e. The molecule has 1 aliphatic heterocycles. The summed E-state index contributed by atoms with van der Waals surface area (Å²) in [6, 6.07) is 11.8. The van der Waals surface area contributed by atoms with Gasteiger partial charge in [0.25, 0.3) is 0 Å². The van der Waals surface area contributed by atoms with Crippen LogP contribution in [-0.4, -0.2) is 37.7 Å². The first kappa shape index (κ1) is 35.5. The minimum absolute atomic E-state index is 0.0219. The van der Waals surface area contributed by atoms with E-state index in [1.807, 2.05) is 36.4 Å². The number of ether oxygens (including phenoxy) is 1. The van der Waals surface area contributed by atoms with Crippen LogP contribution in [0.1, 0.15) is 67.9 Å². The molecule has 0 bridgehead atoms. The maximum atomic E-state index is 13.9.